The smallest absolute Gasteiger partial charge is 0.407 e. The van der Waals surface area contributed by atoms with E-state index in [0.717, 1.165) is 18.2 Å². The summed E-state index contributed by atoms with van der Waals surface area (Å²) in [6.07, 6.45) is 0.281. The number of nitrogens with zero attached hydrogens (tertiary/aromatic N) is 6. The van der Waals surface area contributed by atoms with Gasteiger partial charge in [-0.25, -0.2) is 22.9 Å². The SMILES string of the molecule is O=C(O)N1CCC(c2nc(-c3c(Cl)cnc4ccc(N5C[C@@H](F)C[C@@H]5c5cc(F)ccc5F)nc34)no2)CC1. The summed E-state index contributed by atoms with van der Waals surface area (Å²) in [5.41, 5.74) is 1.24. The van der Waals surface area contributed by atoms with Crippen LogP contribution in [0.2, 0.25) is 5.02 Å². The molecule has 0 spiro atoms. The van der Waals surface area contributed by atoms with Crippen LogP contribution < -0.4 is 4.90 Å². The van der Waals surface area contributed by atoms with Crippen molar-refractivity contribution in [2.24, 2.45) is 0 Å². The average molecular weight is 559 g/mol. The Kier molecular flexibility index (Phi) is 6.49. The Hall–Kier alpha value is -3.93. The number of halogens is 4. The van der Waals surface area contributed by atoms with Gasteiger partial charge in [0.05, 0.1) is 28.7 Å². The number of alkyl halides is 1. The molecule has 2 aliphatic rings. The number of pyridine rings is 2. The van der Waals surface area contributed by atoms with E-state index in [9.17, 15) is 23.1 Å². The van der Waals surface area contributed by atoms with Crippen LogP contribution in [-0.2, 0) is 0 Å². The number of carboxylic acid groups (broad SMARTS) is 1. The highest BCUT2D eigenvalue weighted by Crippen LogP contribution is 2.40. The van der Waals surface area contributed by atoms with Crippen LogP contribution in [0.3, 0.4) is 0 Å². The van der Waals surface area contributed by atoms with Gasteiger partial charge in [0.15, 0.2) is 0 Å². The van der Waals surface area contributed by atoms with Gasteiger partial charge in [0.25, 0.3) is 0 Å². The lowest BCUT2D eigenvalue weighted by atomic mass is 9.97. The second-order valence-electron chi connectivity index (χ2n) is 9.69. The lowest BCUT2D eigenvalue weighted by Gasteiger charge is -2.27. The summed E-state index contributed by atoms with van der Waals surface area (Å²) in [5, 5.41) is 13.5. The summed E-state index contributed by atoms with van der Waals surface area (Å²) < 4.78 is 48.7. The van der Waals surface area contributed by atoms with Gasteiger partial charge in [-0.3, -0.25) is 4.98 Å². The zero-order valence-corrected chi connectivity index (χ0v) is 21.2. The molecule has 0 aliphatic carbocycles. The van der Waals surface area contributed by atoms with Gasteiger partial charge < -0.3 is 19.4 Å². The van der Waals surface area contributed by atoms with Crippen LogP contribution in [-0.4, -0.2) is 62.0 Å². The molecule has 2 aliphatic heterocycles. The lowest BCUT2D eigenvalue weighted by Crippen LogP contribution is -2.36. The molecule has 6 rings (SSSR count). The lowest BCUT2D eigenvalue weighted by molar-refractivity contribution is 0.128. The van der Waals surface area contributed by atoms with Crippen LogP contribution in [0.1, 0.15) is 42.7 Å². The van der Waals surface area contributed by atoms with Crippen LogP contribution in [0.5, 0.6) is 0 Å². The third-order valence-corrected chi connectivity index (χ3v) is 7.58. The van der Waals surface area contributed by atoms with Crippen molar-refractivity contribution in [2.45, 2.75) is 37.4 Å². The number of hydrogen-bond acceptors (Lipinski definition) is 7. The Morgan fingerprint density at radius 3 is 2.69 bits per heavy atom. The fraction of sp³-hybridized carbons (Fsp3) is 0.346. The number of hydrogen-bond donors (Lipinski definition) is 1. The first kappa shape index (κ1) is 25.4. The maximum absolute atomic E-state index is 14.6. The molecule has 2 fully saturated rings. The van der Waals surface area contributed by atoms with Crippen molar-refractivity contribution in [1.82, 2.24) is 25.0 Å². The number of piperidine rings is 1. The molecule has 0 bridgehead atoms. The monoisotopic (exact) mass is 558 g/mol. The number of carbonyl (C=O) groups is 1. The van der Waals surface area contributed by atoms with E-state index < -0.39 is 29.9 Å². The van der Waals surface area contributed by atoms with Gasteiger partial charge in [-0.15, -0.1) is 0 Å². The first-order valence-corrected chi connectivity index (χ1v) is 12.8. The number of aromatic nitrogens is 4. The molecule has 202 valence electrons. The zero-order chi connectivity index (χ0) is 27.3. The summed E-state index contributed by atoms with van der Waals surface area (Å²) in [7, 11) is 0. The Balaban J connectivity index is 1.36. The highest BCUT2D eigenvalue weighted by molar-refractivity contribution is 6.34. The second kappa shape index (κ2) is 9.99. The summed E-state index contributed by atoms with van der Waals surface area (Å²) in [5.74, 6) is -0.448. The van der Waals surface area contributed by atoms with E-state index in [4.69, 9.17) is 21.1 Å². The first-order valence-electron chi connectivity index (χ1n) is 12.4. The summed E-state index contributed by atoms with van der Waals surface area (Å²) in [4.78, 5) is 27.7. The Morgan fingerprint density at radius 1 is 1.13 bits per heavy atom. The molecule has 39 heavy (non-hydrogen) atoms. The number of amides is 1. The van der Waals surface area contributed by atoms with E-state index in [2.05, 4.69) is 15.1 Å². The van der Waals surface area contributed by atoms with E-state index in [1.807, 2.05) is 0 Å². The summed E-state index contributed by atoms with van der Waals surface area (Å²) >= 11 is 6.52. The maximum atomic E-state index is 14.6. The molecule has 9 nitrogen and oxygen atoms in total. The average Bonchev–Trinajstić information content (AvgIpc) is 3.57. The van der Waals surface area contributed by atoms with Gasteiger partial charge in [0.1, 0.15) is 29.1 Å². The molecule has 4 aromatic rings. The van der Waals surface area contributed by atoms with Crippen LogP contribution >= 0.6 is 11.6 Å². The quantitative estimate of drug-likeness (QED) is 0.337. The molecule has 2 saturated heterocycles. The fourth-order valence-electron chi connectivity index (χ4n) is 5.33. The molecular weight excluding hydrogens is 537 g/mol. The molecule has 0 saturated carbocycles. The van der Waals surface area contributed by atoms with E-state index in [1.54, 1.807) is 17.0 Å². The molecule has 3 aromatic heterocycles. The van der Waals surface area contributed by atoms with Crippen molar-refractivity contribution in [1.29, 1.82) is 0 Å². The molecule has 0 radical (unpaired) electrons. The van der Waals surface area contributed by atoms with Gasteiger partial charge in [0.2, 0.25) is 11.7 Å². The maximum Gasteiger partial charge on any atom is 0.407 e. The Morgan fingerprint density at radius 2 is 1.92 bits per heavy atom. The molecular formula is C26H22ClF3N6O3. The highest BCUT2D eigenvalue weighted by Gasteiger charge is 2.36. The number of benzene rings is 1. The van der Waals surface area contributed by atoms with Crippen LogP contribution in [0, 0.1) is 11.6 Å². The third kappa shape index (κ3) is 4.73. The van der Waals surface area contributed by atoms with Gasteiger partial charge in [-0.05, 0) is 43.2 Å². The first-order chi connectivity index (χ1) is 18.8. The minimum absolute atomic E-state index is 0.0182. The molecule has 0 unspecified atom stereocenters. The van der Waals surface area contributed by atoms with Gasteiger partial charge in [0, 0.05) is 37.2 Å². The fourth-order valence-corrected chi connectivity index (χ4v) is 5.55. The Bertz CT molecular complexity index is 1560. The predicted molar refractivity (Wildman–Crippen MR) is 135 cm³/mol. The summed E-state index contributed by atoms with van der Waals surface area (Å²) in [6.45, 7) is 0.671. The number of fused-ring (bicyclic) bond motifs is 1. The number of anilines is 1. The van der Waals surface area contributed by atoms with Crippen LogP contribution in [0.25, 0.3) is 22.4 Å². The van der Waals surface area contributed by atoms with Crippen LogP contribution in [0.15, 0.2) is 41.1 Å². The van der Waals surface area contributed by atoms with E-state index in [1.165, 1.54) is 11.1 Å². The van der Waals surface area contributed by atoms with Crippen molar-refractivity contribution in [3.63, 3.8) is 0 Å². The molecule has 13 heteroatoms. The second-order valence-corrected chi connectivity index (χ2v) is 10.1. The van der Waals surface area contributed by atoms with Crippen molar-refractivity contribution >= 4 is 34.5 Å². The molecule has 1 N–H and O–H groups in total. The molecule has 1 amide bonds. The predicted octanol–water partition coefficient (Wildman–Crippen LogP) is 5.76. The summed E-state index contributed by atoms with van der Waals surface area (Å²) in [6, 6.07) is 5.71. The third-order valence-electron chi connectivity index (χ3n) is 7.29. The van der Waals surface area contributed by atoms with E-state index in [0.29, 0.717) is 54.2 Å². The van der Waals surface area contributed by atoms with Gasteiger partial charge >= 0.3 is 6.09 Å². The van der Waals surface area contributed by atoms with Crippen molar-refractivity contribution < 1.29 is 27.6 Å². The van der Waals surface area contributed by atoms with E-state index in [-0.39, 0.29) is 35.3 Å². The number of likely N-dealkylation sites (tertiary alicyclic amines) is 1. The van der Waals surface area contributed by atoms with Crippen LogP contribution in [0.4, 0.5) is 23.8 Å². The normalized spacial score (nSPS) is 20.2. The minimum atomic E-state index is -1.26. The van der Waals surface area contributed by atoms with Gasteiger partial charge in [-0.2, -0.15) is 4.98 Å². The minimum Gasteiger partial charge on any atom is -0.465 e. The molecule has 1 aromatic carbocycles. The zero-order valence-electron chi connectivity index (χ0n) is 20.4. The topological polar surface area (TPSA) is 108 Å². The van der Waals surface area contributed by atoms with Crippen molar-refractivity contribution in [2.75, 3.05) is 24.5 Å². The highest BCUT2D eigenvalue weighted by atomic mass is 35.5. The van der Waals surface area contributed by atoms with E-state index >= 15 is 0 Å². The van der Waals surface area contributed by atoms with Crippen molar-refractivity contribution in [3.05, 3.63) is 64.6 Å². The Labute approximate surface area is 225 Å². The molecule has 5 heterocycles. The van der Waals surface area contributed by atoms with Crippen molar-refractivity contribution in [3.8, 4) is 11.4 Å². The largest absolute Gasteiger partial charge is 0.465 e. The standard InChI is InChI=1S/C26H22ClF3N6O3/c27-17-11-31-19-3-4-21(36-12-15(29)10-20(36)16-9-14(28)1-2-18(16)30)32-23(19)22(17)24-33-25(39-34-24)13-5-7-35(8-6-13)26(37)38/h1-4,9,11,13,15,20H,5-8,10,12H2,(H,37,38)/t15-,20+/m0/s1. The van der Waals surface area contributed by atoms with Gasteiger partial charge in [-0.1, -0.05) is 16.8 Å². The molecule has 2 atom stereocenters. The number of rotatable bonds is 4.